The third kappa shape index (κ3) is 5.26. The highest BCUT2D eigenvalue weighted by atomic mass is 16.2. The van der Waals surface area contributed by atoms with Crippen LogP contribution in [0.3, 0.4) is 0 Å². The lowest BCUT2D eigenvalue weighted by molar-refractivity contribution is 0.0725. The largest absolute Gasteiger partial charge is 0.371 e. The fourth-order valence-corrected chi connectivity index (χ4v) is 5.20. The number of carbonyl (C=O) groups excluding carboxylic acids is 2. The lowest BCUT2D eigenvalue weighted by Gasteiger charge is -2.35. The zero-order valence-corrected chi connectivity index (χ0v) is 20.4. The maximum absolute atomic E-state index is 13.6. The standard InChI is InChI=1S/C29H34N4O2/c1-21-14-18-32(19-15-21)27-13-12-23(20-25(27)28(34)33-16-5-2-6-17-33)30-29(35)31-26-11-7-9-22-8-3-4-10-24(22)26/h3-4,7-13,20-21H,2,5-6,14-19H2,1H3,(H2,30,31,35). The fourth-order valence-electron chi connectivity index (χ4n) is 5.20. The monoisotopic (exact) mass is 470 g/mol. The van der Waals surface area contributed by atoms with Gasteiger partial charge in [-0.2, -0.15) is 0 Å². The van der Waals surface area contributed by atoms with Crippen molar-refractivity contribution >= 4 is 39.8 Å². The highest BCUT2D eigenvalue weighted by molar-refractivity contribution is 6.07. The number of rotatable bonds is 4. The first-order valence-corrected chi connectivity index (χ1v) is 12.8. The van der Waals surface area contributed by atoms with Gasteiger partial charge in [-0.25, -0.2) is 4.79 Å². The third-order valence-electron chi connectivity index (χ3n) is 7.29. The summed E-state index contributed by atoms with van der Waals surface area (Å²) in [6.07, 6.45) is 5.54. The summed E-state index contributed by atoms with van der Waals surface area (Å²) in [7, 11) is 0. The fraction of sp³-hybridized carbons (Fsp3) is 0.379. The number of urea groups is 1. The summed E-state index contributed by atoms with van der Waals surface area (Å²) in [5.41, 5.74) is 3.04. The number of carbonyl (C=O) groups is 2. The van der Waals surface area contributed by atoms with Gasteiger partial charge >= 0.3 is 6.03 Å². The Morgan fingerprint density at radius 1 is 0.829 bits per heavy atom. The predicted molar refractivity (Wildman–Crippen MR) is 143 cm³/mol. The van der Waals surface area contributed by atoms with Crippen LogP contribution in [0.25, 0.3) is 10.8 Å². The highest BCUT2D eigenvalue weighted by Crippen LogP contribution is 2.31. The molecule has 3 aromatic rings. The van der Waals surface area contributed by atoms with Crippen molar-refractivity contribution in [3.63, 3.8) is 0 Å². The molecule has 182 valence electrons. The molecule has 2 fully saturated rings. The normalized spacial score (nSPS) is 16.8. The quantitative estimate of drug-likeness (QED) is 0.467. The molecule has 0 spiro atoms. The van der Waals surface area contributed by atoms with Gasteiger partial charge in [0.2, 0.25) is 0 Å². The van der Waals surface area contributed by atoms with Crippen LogP contribution in [0.2, 0.25) is 0 Å². The highest BCUT2D eigenvalue weighted by Gasteiger charge is 2.25. The molecule has 0 atom stereocenters. The molecule has 35 heavy (non-hydrogen) atoms. The van der Waals surface area contributed by atoms with E-state index in [0.717, 1.165) is 74.0 Å². The second kappa shape index (κ2) is 10.4. The van der Waals surface area contributed by atoms with Crippen LogP contribution in [0.5, 0.6) is 0 Å². The lowest BCUT2D eigenvalue weighted by Crippen LogP contribution is -2.38. The van der Waals surface area contributed by atoms with Gasteiger partial charge in [-0.15, -0.1) is 0 Å². The molecule has 6 heteroatoms. The Bertz CT molecular complexity index is 1210. The van der Waals surface area contributed by atoms with E-state index in [-0.39, 0.29) is 11.9 Å². The number of fused-ring (bicyclic) bond motifs is 1. The Kier molecular flexibility index (Phi) is 6.89. The molecule has 0 aliphatic carbocycles. The van der Waals surface area contributed by atoms with Crippen molar-refractivity contribution in [3.05, 3.63) is 66.2 Å². The van der Waals surface area contributed by atoms with Crippen molar-refractivity contribution in [2.24, 2.45) is 5.92 Å². The number of nitrogens with zero attached hydrogens (tertiary/aromatic N) is 2. The van der Waals surface area contributed by atoms with Crippen LogP contribution in [0, 0.1) is 5.92 Å². The van der Waals surface area contributed by atoms with Gasteiger partial charge in [0.05, 0.1) is 11.3 Å². The Hall–Kier alpha value is -3.54. The second-order valence-electron chi connectivity index (χ2n) is 9.86. The number of benzene rings is 3. The van der Waals surface area contributed by atoms with E-state index in [0.29, 0.717) is 17.2 Å². The first-order valence-electron chi connectivity index (χ1n) is 12.8. The van der Waals surface area contributed by atoms with Crippen LogP contribution in [-0.2, 0) is 0 Å². The van der Waals surface area contributed by atoms with Crippen LogP contribution >= 0.6 is 0 Å². The summed E-state index contributed by atoms with van der Waals surface area (Å²) in [4.78, 5) is 30.8. The van der Waals surface area contributed by atoms with Crippen LogP contribution in [0.15, 0.2) is 60.7 Å². The molecule has 0 saturated carbocycles. The number of anilines is 3. The number of hydrogen-bond donors (Lipinski definition) is 2. The van der Waals surface area contributed by atoms with E-state index >= 15 is 0 Å². The third-order valence-corrected chi connectivity index (χ3v) is 7.29. The van der Waals surface area contributed by atoms with E-state index in [9.17, 15) is 9.59 Å². The average Bonchev–Trinajstić information content (AvgIpc) is 2.89. The molecule has 2 aliphatic rings. The van der Waals surface area contributed by atoms with Crippen molar-refractivity contribution in [1.82, 2.24) is 4.90 Å². The molecule has 0 unspecified atom stereocenters. The van der Waals surface area contributed by atoms with Gasteiger partial charge in [-0.1, -0.05) is 43.3 Å². The summed E-state index contributed by atoms with van der Waals surface area (Å²) in [6.45, 7) is 5.80. The molecular formula is C29H34N4O2. The average molecular weight is 471 g/mol. The summed E-state index contributed by atoms with van der Waals surface area (Å²) in [6, 6.07) is 19.3. The summed E-state index contributed by atoms with van der Waals surface area (Å²) in [5, 5.41) is 7.98. The summed E-state index contributed by atoms with van der Waals surface area (Å²) in [5.74, 6) is 0.780. The molecule has 2 saturated heterocycles. The van der Waals surface area contributed by atoms with Crippen molar-refractivity contribution < 1.29 is 9.59 Å². The molecule has 0 radical (unpaired) electrons. The molecule has 0 bridgehead atoms. The molecule has 3 aromatic carbocycles. The van der Waals surface area contributed by atoms with Crippen molar-refractivity contribution in [2.75, 3.05) is 41.7 Å². The number of hydrogen-bond acceptors (Lipinski definition) is 3. The molecule has 2 N–H and O–H groups in total. The van der Waals surface area contributed by atoms with Gasteiger partial charge in [0.25, 0.3) is 5.91 Å². The van der Waals surface area contributed by atoms with E-state index in [2.05, 4.69) is 22.5 Å². The molecule has 5 rings (SSSR count). The SMILES string of the molecule is CC1CCN(c2ccc(NC(=O)Nc3cccc4ccccc34)cc2C(=O)N2CCCCC2)CC1. The van der Waals surface area contributed by atoms with Crippen molar-refractivity contribution in [2.45, 2.75) is 39.0 Å². The Balaban J connectivity index is 1.38. The van der Waals surface area contributed by atoms with Gasteiger partial charge < -0.3 is 20.4 Å². The van der Waals surface area contributed by atoms with Crippen molar-refractivity contribution in [1.29, 1.82) is 0 Å². The minimum absolute atomic E-state index is 0.0661. The van der Waals surface area contributed by atoms with Gasteiger partial charge in [-0.3, -0.25) is 4.79 Å². The zero-order valence-electron chi connectivity index (χ0n) is 20.4. The molecule has 3 amide bonds. The van der Waals surface area contributed by atoms with Gasteiger partial charge in [-0.05, 0) is 67.7 Å². The molecule has 6 nitrogen and oxygen atoms in total. The van der Waals surface area contributed by atoms with Crippen LogP contribution < -0.4 is 15.5 Å². The minimum atomic E-state index is -0.322. The first-order chi connectivity index (χ1) is 17.1. The molecule has 2 aliphatic heterocycles. The first kappa shape index (κ1) is 23.2. The maximum atomic E-state index is 13.6. The minimum Gasteiger partial charge on any atom is -0.371 e. The van der Waals surface area contributed by atoms with E-state index in [4.69, 9.17) is 0 Å². The number of piperidine rings is 2. The second-order valence-corrected chi connectivity index (χ2v) is 9.86. The predicted octanol–water partition coefficient (Wildman–Crippen LogP) is 6.35. The van der Waals surface area contributed by atoms with Crippen LogP contribution in [0.4, 0.5) is 21.9 Å². The molecule has 0 aromatic heterocycles. The number of nitrogens with one attached hydrogen (secondary N) is 2. The summed E-state index contributed by atoms with van der Waals surface area (Å²) < 4.78 is 0. The topological polar surface area (TPSA) is 64.7 Å². The van der Waals surface area contributed by atoms with E-state index in [1.165, 1.54) is 6.42 Å². The molecule has 2 heterocycles. The van der Waals surface area contributed by atoms with Crippen LogP contribution in [-0.4, -0.2) is 43.0 Å². The Morgan fingerprint density at radius 3 is 2.37 bits per heavy atom. The number of likely N-dealkylation sites (tertiary alicyclic amines) is 1. The Morgan fingerprint density at radius 2 is 1.57 bits per heavy atom. The smallest absolute Gasteiger partial charge is 0.323 e. The van der Waals surface area contributed by atoms with Crippen molar-refractivity contribution in [3.8, 4) is 0 Å². The van der Waals surface area contributed by atoms with E-state index in [1.54, 1.807) is 0 Å². The zero-order chi connectivity index (χ0) is 24.2. The number of amides is 3. The lowest BCUT2D eigenvalue weighted by atomic mass is 9.97. The maximum Gasteiger partial charge on any atom is 0.323 e. The van der Waals surface area contributed by atoms with Gasteiger partial charge in [0, 0.05) is 42.9 Å². The summed E-state index contributed by atoms with van der Waals surface area (Å²) >= 11 is 0. The van der Waals surface area contributed by atoms with Crippen LogP contribution in [0.1, 0.15) is 49.4 Å². The van der Waals surface area contributed by atoms with Gasteiger partial charge in [0.1, 0.15) is 0 Å². The van der Waals surface area contributed by atoms with E-state index in [1.807, 2.05) is 65.6 Å². The Labute approximate surface area is 207 Å². The molecular weight excluding hydrogens is 436 g/mol. The van der Waals surface area contributed by atoms with Gasteiger partial charge in [0.15, 0.2) is 0 Å². The van der Waals surface area contributed by atoms with E-state index < -0.39 is 0 Å².